The molecule has 0 fully saturated rings. The van der Waals surface area contributed by atoms with Crippen molar-refractivity contribution >= 4 is 5.97 Å². The topological polar surface area (TPSA) is 48.4 Å². The van der Waals surface area contributed by atoms with Crippen LogP contribution in [0, 0.1) is 5.41 Å². The Bertz CT molecular complexity index is 653. The number of ether oxygens (including phenoxy) is 2. The monoisotopic (exact) mass is 327 g/mol. The Hall–Kier alpha value is -2.36. The molecule has 4 heteroatoms. The number of aromatic nitrogens is 1. The number of carbonyl (C=O) groups excluding carboxylic acids is 1. The average molecular weight is 327 g/mol. The Kier molecular flexibility index (Phi) is 6.36. The molecule has 0 saturated heterocycles. The highest BCUT2D eigenvalue weighted by molar-refractivity contribution is 5.75. The molecule has 2 rings (SSSR count). The fourth-order valence-corrected chi connectivity index (χ4v) is 2.52. The molecule has 24 heavy (non-hydrogen) atoms. The Labute approximate surface area is 143 Å². The second kappa shape index (κ2) is 8.48. The Morgan fingerprint density at radius 3 is 2.54 bits per heavy atom. The van der Waals surface area contributed by atoms with E-state index in [1.165, 1.54) is 7.11 Å². The summed E-state index contributed by atoms with van der Waals surface area (Å²) >= 11 is 0. The van der Waals surface area contributed by atoms with E-state index >= 15 is 0 Å². The van der Waals surface area contributed by atoms with E-state index in [4.69, 9.17) is 9.47 Å². The predicted molar refractivity (Wildman–Crippen MR) is 94.8 cm³/mol. The average Bonchev–Trinajstić information content (AvgIpc) is 2.61. The van der Waals surface area contributed by atoms with E-state index in [1.54, 1.807) is 6.20 Å². The molecule has 0 saturated carbocycles. The van der Waals surface area contributed by atoms with Crippen LogP contribution in [0.3, 0.4) is 0 Å². The molecule has 0 aliphatic rings. The van der Waals surface area contributed by atoms with E-state index in [0.717, 1.165) is 30.4 Å². The molecule has 128 valence electrons. The molecular formula is C20H25NO3. The second-order valence-electron chi connectivity index (χ2n) is 6.43. The first kappa shape index (κ1) is 18.0. The van der Waals surface area contributed by atoms with Gasteiger partial charge in [0, 0.05) is 12.3 Å². The molecule has 0 N–H and O–H groups in total. The van der Waals surface area contributed by atoms with Gasteiger partial charge < -0.3 is 9.47 Å². The van der Waals surface area contributed by atoms with Crippen LogP contribution in [0.25, 0.3) is 11.1 Å². The summed E-state index contributed by atoms with van der Waals surface area (Å²) in [6, 6.07) is 14.1. The maximum absolute atomic E-state index is 11.6. The number of benzene rings is 1. The van der Waals surface area contributed by atoms with Crippen LogP contribution >= 0.6 is 0 Å². The van der Waals surface area contributed by atoms with Gasteiger partial charge in [-0.15, -0.1) is 0 Å². The van der Waals surface area contributed by atoms with Crippen molar-refractivity contribution in [2.45, 2.75) is 33.1 Å². The predicted octanol–water partition coefficient (Wildman–Crippen LogP) is 4.50. The molecule has 2 aromatic rings. The smallest absolute Gasteiger partial charge is 0.311 e. The van der Waals surface area contributed by atoms with Gasteiger partial charge in [-0.1, -0.05) is 30.3 Å². The van der Waals surface area contributed by atoms with Crippen molar-refractivity contribution in [3.8, 4) is 17.0 Å². The summed E-state index contributed by atoms with van der Waals surface area (Å²) in [4.78, 5) is 15.9. The molecule has 0 spiro atoms. The Morgan fingerprint density at radius 2 is 1.83 bits per heavy atom. The van der Waals surface area contributed by atoms with Gasteiger partial charge in [-0.25, -0.2) is 4.98 Å². The van der Waals surface area contributed by atoms with E-state index in [-0.39, 0.29) is 5.97 Å². The molecular weight excluding hydrogens is 302 g/mol. The number of methoxy groups -OCH3 is 1. The van der Waals surface area contributed by atoms with Gasteiger partial charge in [-0.2, -0.15) is 0 Å². The minimum Gasteiger partial charge on any atom is -0.478 e. The van der Waals surface area contributed by atoms with Crippen LogP contribution in [0.5, 0.6) is 5.88 Å². The van der Waals surface area contributed by atoms with Crippen molar-refractivity contribution in [3.63, 3.8) is 0 Å². The first-order valence-electron chi connectivity index (χ1n) is 8.25. The van der Waals surface area contributed by atoms with Crippen molar-refractivity contribution in [3.05, 3.63) is 48.7 Å². The lowest BCUT2D eigenvalue weighted by Crippen LogP contribution is -2.25. The van der Waals surface area contributed by atoms with Gasteiger partial charge in [-0.05, 0) is 50.3 Å². The lowest BCUT2D eigenvalue weighted by Gasteiger charge is -2.20. The minimum atomic E-state index is -0.444. The molecule has 0 radical (unpaired) electrons. The van der Waals surface area contributed by atoms with Crippen molar-refractivity contribution < 1.29 is 14.3 Å². The lowest BCUT2D eigenvalue weighted by atomic mass is 9.87. The summed E-state index contributed by atoms with van der Waals surface area (Å²) in [5.41, 5.74) is 1.79. The van der Waals surface area contributed by atoms with Crippen LogP contribution in [-0.4, -0.2) is 24.7 Å². The van der Waals surface area contributed by atoms with Crippen molar-refractivity contribution in [1.29, 1.82) is 0 Å². The molecule has 4 nitrogen and oxygen atoms in total. The highest BCUT2D eigenvalue weighted by atomic mass is 16.5. The van der Waals surface area contributed by atoms with Crippen LogP contribution in [0.4, 0.5) is 0 Å². The highest BCUT2D eigenvalue weighted by Crippen LogP contribution is 2.25. The molecule has 0 atom stereocenters. The Balaban J connectivity index is 1.80. The SMILES string of the molecule is COC(=O)C(C)(C)CCCCOc1cc(-c2ccccc2)ccn1. The second-order valence-corrected chi connectivity index (χ2v) is 6.43. The number of hydrogen-bond donors (Lipinski definition) is 0. The number of carbonyl (C=O) groups is 1. The van der Waals surface area contributed by atoms with E-state index in [0.29, 0.717) is 12.5 Å². The van der Waals surface area contributed by atoms with E-state index in [1.807, 2.05) is 44.2 Å². The molecule has 0 aliphatic carbocycles. The zero-order chi connectivity index (χ0) is 17.4. The number of pyridine rings is 1. The zero-order valence-corrected chi connectivity index (χ0v) is 14.6. The number of hydrogen-bond acceptors (Lipinski definition) is 4. The van der Waals surface area contributed by atoms with Gasteiger partial charge in [0.15, 0.2) is 0 Å². The van der Waals surface area contributed by atoms with Gasteiger partial charge in [0.2, 0.25) is 5.88 Å². The van der Waals surface area contributed by atoms with Crippen LogP contribution < -0.4 is 4.74 Å². The van der Waals surface area contributed by atoms with Crippen LogP contribution in [0.15, 0.2) is 48.7 Å². The molecule has 0 amide bonds. The molecule has 1 aromatic carbocycles. The van der Waals surface area contributed by atoms with Gasteiger partial charge in [0.1, 0.15) is 0 Å². The quantitative estimate of drug-likeness (QED) is 0.529. The third-order valence-corrected chi connectivity index (χ3v) is 4.03. The zero-order valence-electron chi connectivity index (χ0n) is 14.6. The Morgan fingerprint density at radius 1 is 1.08 bits per heavy atom. The van der Waals surface area contributed by atoms with Gasteiger partial charge in [-0.3, -0.25) is 4.79 Å². The summed E-state index contributed by atoms with van der Waals surface area (Å²) in [5, 5.41) is 0. The summed E-state index contributed by atoms with van der Waals surface area (Å²) < 4.78 is 10.6. The summed E-state index contributed by atoms with van der Waals surface area (Å²) in [6.07, 6.45) is 4.32. The van der Waals surface area contributed by atoms with E-state index in [2.05, 4.69) is 17.1 Å². The first-order valence-corrected chi connectivity index (χ1v) is 8.25. The summed E-state index contributed by atoms with van der Waals surface area (Å²) in [5.74, 6) is 0.462. The van der Waals surface area contributed by atoms with Gasteiger partial charge in [0.05, 0.1) is 19.1 Å². The van der Waals surface area contributed by atoms with Crippen LogP contribution in [-0.2, 0) is 9.53 Å². The third kappa shape index (κ3) is 5.08. The lowest BCUT2D eigenvalue weighted by molar-refractivity contribution is -0.151. The largest absolute Gasteiger partial charge is 0.478 e. The third-order valence-electron chi connectivity index (χ3n) is 4.03. The van der Waals surface area contributed by atoms with E-state index in [9.17, 15) is 4.79 Å². The minimum absolute atomic E-state index is 0.166. The molecule has 0 bridgehead atoms. The first-order chi connectivity index (χ1) is 11.5. The van der Waals surface area contributed by atoms with Crippen LogP contribution in [0.2, 0.25) is 0 Å². The maximum Gasteiger partial charge on any atom is 0.311 e. The fourth-order valence-electron chi connectivity index (χ4n) is 2.52. The number of rotatable bonds is 8. The summed E-state index contributed by atoms with van der Waals surface area (Å²) in [6.45, 7) is 4.40. The molecule has 0 unspecified atom stereocenters. The fraction of sp³-hybridized carbons (Fsp3) is 0.400. The number of unbranched alkanes of at least 4 members (excludes halogenated alkanes) is 1. The van der Waals surface area contributed by atoms with Crippen molar-refractivity contribution in [2.75, 3.05) is 13.7 Å². The van der Waals surface area contributed by atoms with Gasteiger partial charge in [0.25, 0.3) is 0 Å². The van der Waals surface area contributed by atoms with Crippen molar-refractivity contribution in [2.24, 2.45) is 5.41 Å². The molecule has 1 heterocycles. The maximum atomic E-state index is 11.6. The van der Waals surface area contributed by atoms with Gasteiger partial charge >= 0.3 is 5.97 Å². The number of nitrogens with zero attached hydrogens (tertiary/aromatic N) is 1. The standard InChI is InChI=1S/C20H25NO3/c1-20(2,19(22)23-3)12-7-8-14-24-18-15-17(11-13-21-18)16-9-5-4-6-10-16/h4-6,9-11,13,15H,7-8,12,14H2,1-3H3. The van der Waals surface area contributed by atoms with E-state index < -0.39 is 5.41 Å². The van der Waals surface area contributed by atoms with Crippen LogP contribution in [0.1, 0.15) is 33.1 Å². The normalized spacial score (nSPS) is 11.1. The molecule has 0 aliphatic heterocycles. The molecule has 1 aromatic heterocycles. The highest BCUT2D eigenvalue weighted by Gasteiger charge is 2.27. The number of esters is 1. The summed E-state index contributed by atoms with van der Waals surface area (Å²) in [7, 11) is 1.43. The van der Waals surface area contributed by atoms with Crippen molar-refractivity contribution in [1.82, 2.24) is 4.98 Å².